The molecule has 1 amide bonds. The molecule has 0 saturated carbocycles. The van der Waals surface area contributed by atoms with Crippen LogP contribution in [0.1, 0.15) is 22.7 Å². The van der Waals surface area contributed by atoms with Crippen LogP contribution < -0.4 is 14.8 Å². The Bertz CT molecular complexity index is 870. The third-order valence-corrected chi connectivity index (χ3v) is 4.54. The monoisotopic (exact) mass is 359 g/mol. The highest BCUT2D eigenvalue weighted by atomic mass is 16.6. The first-order valence-electron chi connectivity index (χ1n) is 9.07. The van der Waals surface area contributed by atoms with E-state index in [0.717, 1.165) is 22.4 Å². The molecule has 1 N–H and O–H groups in total. The van der Waals surface area contributed by atoms with Gasteiger partial charge in [-0.15, -0.1) is 0 Å². The molecule has 3 aromatic carbocycles. The SMILES string of the molecule is O=C(Cc1ccc2c(c1)OCCO2)NC(c1ccccc1)c1ccccc1. The van der Waals surface area contributed by atoms with E-state index in [1.807, 2.05) is 78.9 Å². The van der Waals surface area contributed by atoms with Gasteiger partial charge in [0.05, 0.1) is 12.5 Å². The summed E-state index contributed by atoms with van der Waals surface area (Å²) in [6.45, 7) is 1.09. The van der Waals surface area contributed by atoms with Gasteiger partial charge in [-0.2, -0.15) is 0 Å². The number of fused-ring (bicyclic) bond motifs is 1. The summed E-state index contributed by atoms with van der Waals surface area (Å²) >= 11 is 0. The highest BCUT2D eigenvalue weighted by Gasteiger charge is 2.18. The molecular formula is C23H21NO3. The van der Waals surface area contributed by atoms with Crippen LogP contribution in [0.2, 0.25) is 0 Å². The maximum Gasteiger partial charge on any atom is 0.225 e. The molecule has 0 spiro atoms. The molecule has 4 rings (SSSR count). The van der Waals surface area contributed by atoms with Gasteiger partial charge in [0.2, 0.25) is 5.91 Å². The van der Waals surface area contributed by atoms with Gasteiger partial charge >= 0.3 is 0 Å². The Balaban J connectivity index is 1.52. The van der Waals surface area contributed by atoms with E-state index >= 15 is 0 Å². The first-order valence-corrected chi connectivity index (χ1v) is 9.07. The van der Waals surface area contributed by atoms with Crippen LogP contribution in [0.4, 0.5) is 0 Å². The molecule has 0 aliphatic carbocycles. The minimum absolute atomic E-state index is 0.0376. The van der Waals surface area contributed by atoms with Crippen molar-refractivity contribution >= 4 is 5.91 Å². The van der Waals surface area contributed by atoms with Gasteiger partial charge in [-0.05, 0) is 28.8 Å². The van der Waals surface area contributed by atoms with Gasteiger partial charge in [-0.25, -0.2) is 0 Å². The lowest BCUT2D eigenvalue weighted by Crippen LogP contribution is -2.30. The summed E-state index contributed by atoms with van der Waals surface area (Å²) in [7, 11) is 0. The lowest BCUT2D eigenvalue weighted by Gasteiger charge is -2.21. The fourth-order valence-corrected chi connectivity index (χ4v) is 3.25. The van der Waals surface area contributed by atoms with Crippen LogP contribution in [0.3, 0.4) is 0 Å². The van der Waals surface area contributed by atoms with Crippen LogP contribution >= 0.6 is 0 Å². The largest absolute Gasteiger partial charge is 0.486 e. The second kappa shape index (κ2) is 7.96. The standard InChI is InChI=1S/C23H21NO3/c25-22(16-17-11-12-20-21(15-17)27-14-13-26-20)24-23(18-7-3-1-4-8-18)19-9-5-2-6-10-19/h1-12,15,23H,13-14,16H2,(H,24,25). The van der Waals surface area contributed by atoms with E-state index < -0.39 is 0 Å². The molecule has 4 heteroatoms. The van der Waals surface area contributed by atoms with Crippen molar-refractivity contribution in [1.29, 1.82) is 0 Å². The Morgan fingerprint density at radius 1 is 0.815 bits per heavy atom. The Morgan fingerprint density at radius 2 is 1.41 bits per heavy atom. The van der Waals surface area contributed by atoms with Gasteiger partial charge in [0, 0.05) is 0 Å². The lowest BCUT2D eigenvalue weighted by atomic mass is 9.98. The molecular weight excluding hydrogens is 338 g/mol. The number of nitrogens with one attached hydrogen (secondary N) is 1. The third-order valence-electron chi connectivity index (χ3n) is 4.54. The van der Waals surface area contributed by atoms with Crippen molar-refractivity contribution in [3.8, 4) is 11.5 Å². The van der Waals surface area contributed by atoms with Gasteiger partial charge in [0.1, 0.15) is 13.2 Å². The zero-order chi connectivity index (χ0) is 18.5. The Morgan fingerprint density at radius 3 is 2.04 bits per heavy atom. The molecule has 136 valence electrons. The highest BCUT2D eigenvalue weighted by molar-refractivity contribution is 5.79. The maximum atomic E-state index is 12.8. The topological polar surface area (TPSA) is 47.6 Å². The van der Waals surface area contributed by atoms with E-state index in [4.69, 9.17) is 9.47 Å². The lowest BCUT2D eigenvalue weighted by molar-refractivity contribution is -0.120. The first kappa shape index (κ1) is 17.2. The summed E-state index contributed by atoms with van der Waals surface area (Å²) in [5.74, 6) is 1.40. The average molecular weight is 359 g/mol. The maximum absolute atomic E-state index is 12.8. The van der Waals surface area contributed by atoms with E-state index in [-0.39, 0.29) is 18.4 Å². The van der Waals surface area contributed by atoms with Crippen LogP contribution in [0.15, 0.2) is 78.9 Å². The van der Waals surface area contributed by atoms with Crippen LogP contribution in [0.5, 0.6) is 11.5 Å². The first-order chi connectivity index (χ1) is 13.3. The summed E-state index contributed by atoms with van der Waals surface area (Å²) in [6, 6.07) is 25.5. The van der Waals surface area contributed by atoms with Crippen molar-refractivity contribution in [3.63, 3.8) is 0 Å². The molecule has 0 bridgehead atoms. The van der Waals surface area contributed by atoms with Crippen molar-refractivity contribution in [2.75, 3.05) is 13.2 Å². The van der Waals surface area contributed by atoms with Crippen molar-refractivity contribution in [2.45, 2.75) is 12.5 Å². The van der Waals surface area contributed by atoms with Crippen molar-refractivity contribution in [3.05, 3.63) is 95.6 Å². The van der Waals surface area contributed by atoms with Gasteiger partial charge < -0.3 is 14.8 Å². The summed E-state index contributed by atoms with van der Waals surface area (Å²) < 4.78 is 11.1. The quantitative estimate of drug-likeness (QED) is 0.751. The van der Waals surface area contributed by atoms with E-state index in [1.54, 1.807) is 0 Å². The van der Waals surface area contributed by atoms with E-state index in [1.165, 1.54) is 0 Å². The van der Waals surface area contributed by atoms with Crippen molar-refractivity contribution in [1.82, 2.24) is 5.32 Å². The molecule has 0 saturated heterocycles. The second-order valence-corrected chi connectivity index (χ2v) is 6.48. The van der Waals surface area contributed by atoms with Crippen LogP contribution in [-0.4, -0.2) is 19.1 Å². The fourth-order valence-electron chi connectivity index (χ4n) is 3.25. The predicted molar refractivity (Wildman–Crippen MR) is 104 cm³/mol. The van der Waals surface area contributed by atoms with Gasteiger partial charge in [-0.1, -0.05) is 66.7 Å². The summed E-state index contributed by atoms with van der Waals surface area (Å²) in [4.78, 5) is 12.8. The third kappa shape index (κ3) is 4.11. The minimum Gasteiger partial charge on any atom is -0.486 e. The molecule has 0 fully saturated rings. The molecule has 0 unspecified atom stereocenters. The van der Waals surface area contributed by atoms with Gasteiger partial charge in [0.15, 0.2) is 11.5 Å². The number of amides is 1. The van der Waals surface area contributed by atoms with Crippen molar-refractivity contribution < 1.29 is 14.3 Å². The van der Waals surface area contributed by atoms with Gasteiger partial charge in [0.25, 0.3) is 0 Å². The molecule has 0 aromatic heterocycles. The number of hydrogen-bond acceptors (Lipinski definition) is 3. The zero-order valence-electron chi connectivity index (χ0n) is 14.9. The second-order valence-electron chi connectivity index (χ2n) is 6.48. The molecule has 3 aromatic rings. The fraction of sp³-hybridized carbons (Fsp3) is 0.174. The molecule has 1 aliphatic heterocycles. The molecule has 4 nitrogen and oxygen atoms in total. The molecule has 27 heavy (non-hydrogen) atoms. The molecule has 0 radical (unpaired) electrons. The summed E-state index contributed by atoms with van der Waals surface area (Å²) in [5, 5.41) is 3.17. The zero-order valence-corrected chi connectivity index (χ0v) is 14.9. The van der Waals surface area contributed by atoms with Gasteiger partial charge in [-0.3, -0.25) is 4.79 Å². The Labute approximate surface area is 158 Å². The Hall–Kier alpha value is -3.27. The highest BCUT2D eigenvalue weighted by Crippen LogP contribution is 2.31. The predicted octanol–water partition coefficient (Wildman–Crippen LogP) is 3.91. The van der Waals surface area contributed by atoms with E-state index in [0.29, 0.717) is 19.0 Å². The minimum atomic E-state index is -0.183. The number of rotatable bonds is 5. The normalized spacial score (nSPS) is 12.6. The van der Waals surface area contributed by atoms with Crippen LogP contribution in [0.25, 0.3) is 0 Å². The number of ether oxygens (including phenoxy) is 2. The summed E-state index contributed by atoms with van der Waals surface area (Å²) in [6.07, 6.45) is 0.285. The Kier molecular flexibility index (Phi) is 5.06. The number of hydrogen-bond donors (Lipinski definition) is 1. The number of carbonyl (C=O) groups excluding carboxylic acids is 1. The molecule has 0 atom stereocenters. The van der Waals surface area contributed by atoms with E-state index in [9.17, 15) is 4.79 Å². The average Bonchev–Trinajstić information content (AvgIpc) is 2.73. The molecule has 1 heterocycles. The van der Waals surface area contributed by atoms with Crippen molar-refractivity contribution in [2.24, 2.45) is 0 Å². The smallest absolute Gasteiger partial charge is 0.225 e. The summed E-state index contributed by atoms with van der Waals surface area (Å²) in [5.41, 5.74) is 3.01. The molecule has 1 aliphatic rings. The number of carbonyl (C=O) groups is 1. The number of benzene rings is 3. The van der Waals surface area contributed by atoms with Crippen LogP contribution in [-0.2, 0) is 11.2 Å². The van der Waals surface area contributed by atoms with Crippen LogP contribution in [0, 0.1) is 0 Å². The van der Waals surface area contributed by atoms with E-state index in [2.05, 4.69) is 5.32 Å².